The Bertz CT molecular complexity index is 936. The van der Waals surface area contributed by atoms with Crippen LogP contribution in [0.15, 0.2) is 72.8 Å². The summed E-state index contributed by atoms with van der Waals surface area (Å²) in [5, 5.41) is 2.07. The highest BCUT2D eigenvalue weighted by atomic mass is 19.4. The molecular formula is C21H15F3O2. The second-order valence-corrected chi connectivity index (χ2v) is 5.70. The predicted octanol–water partition coefficient (Wildman–Crippen LogP) is 5.62. The number of alkyl halides is 3. The lowest BCUT2D eigenvalue weighted by molar-refractivity contribution is -0.139. The maximum Gasteiger partial charge on any atom is 0.416 e. The fourth-order valence-corrected chi connectivity index (χ4v) is 2.56. The van der Waals surface area contributed by atoms with E-state index in [0.717, 1.165) is 28.5 Å². The minimum absolute atomic E-state index is 0.123. The van der Waals surface area contributed by atoms with Crippen LogP contribution < -0.4 is 0 Å². The van der Waals surface area contributed by atoms with E-state index in [2.05, 4.69) is 0 Å². The molecule has 2 nitrogen and oxygen atoms in total. The minimum Gasteiger partial charge on any atom is -0.458 e. The van der Waals surface area contributed by atoms with Crippen LogP contribution in [-0.2, 0) is 22.3 Å². The third-order valence-electron chi connectivity index (χ3n) is 3.90. The minimum atomic E-state index is -4.38. The van der Waals surface area contributed by atoms with E-state index in [1.165, 1.54) is 24.3 Å². The quantitative estimate of drug-likeness (QED) is 0.448. The first-order valence-corrected chi connectivity index (χ1v) is 7.92. The molecule has 0 bridgehead atoms. The number of carbonyl (C=O) groups is 1. The fraction of sp³-hybridized carbons (Fsp3) is 0.0952. The maximum atomic E-state index is 12.5. The summed E-state index contributed by atoms with van der Waals surface area (Å²) in [5.74, 6) is -0.558. The first-order valence-electron chi connectivity index (χ1n) is 7.92. The van der Waals surface area contributed by atoms with Crippen molar-refractivity contribution in [2.24, 2.45) is 0 Å². The molecule has 3 aromatic rings. The number of fused-ring (bicyclic) bond motifs is 1. The van der Waals surface area contributed by atoms with Gasteiger partial charge in [0.1, 0.15) is 6.61 Å². The van der Waals surface area contributed by atoms with Gasteiger partial charge in [0.2, 0.25) is 0 Å². The van der Waals surface area contributed by atoms with Crippen molar-refractivity contribution in [3.8, 4) is 0 Å². The Hall–Kier alpha value is -3.08. The van der Waals surface area contributed by atoms with E-state index >= 15 is 0 Å². The summed E-state index contributed by atoms with van der Waals surface area (Å²) in [6.07, 6.45) is -1.75. The molecule has 26 heavy (non-hydrogen) atoms. The average Bonchev–Trinajstić information content (AvgIpc) is 2.64. The van der Waals surface area contributed by atoms with Crippen molar-refractivity contribution in [2.45, 2.75) is 12.8 Å². The highest BCUT2D eigenvalue weighted by Crippen LogP contribution is 2.29. The van der Waals surface area contributed by atoms with Gasteiger partial charge in [0, 0.05) is 6.08 Å². The van der Waals surface area contributed by atoms with Gasteiger partial charge in [0.25, 0.3) is 0 Å². The van der Waals surface area contributed by atoms with E-state index in [1.54, 1.807) is 0 Å². The van der Waals surface area contributed by atoms with Gasteiger partial charge in [-0.25, -0.2) is 4.79 Å². The highest BCUT2D eigenvalue weighted by molar-refractivity contribution is 5.88. The van der Waals surface area contributed by atoms with E-state index in [-0.39, 0.29) is 6.61 Å². The zero-order chi connectivity index (χ0) is 18.6. The Labute approximate surface area is 148 Å². The summed E-state index contributed by atoms with van der Waals surface area (Å²) in [6.45, 7) is 0.123. The van der Waals surface area contributed by atoms with Crippen molar-refractivity contribution in [1.29, 1.82) is 0 Å². The van der Waals surface area contributed by atoms with Gasteiger partial charge in [0.15, 0.2) is 0 Å². The summed E-state index contributed by atoms with van der Waals surface area (Å²) in [7, 11) is 0. The molecule has 0 heterocycles. The molecule has 0 fully saturated rings. The van der Waals surface area contributed by atoms with Crippen LogP contribution in [0.4, 0.5) is 13.2 Å². The van der Waals surface area contributed by atoms with Crippen LogP contribution in [0.3, 0.4) is 0 Å². The molecule has 0 aliphatic carbocycles. The predicted molar refractivity (Wildman–Crippen MR) is 94.2 cm³/mol. The number of hydrogen-bond acceptors (Lipinski definition) is 2. The van der Waals surface area contributed by atoms with Crippen LogP contribution in [0.5, 0.6) is 0 Å². The first kappa shape index (κ1) is 17.7. The molecule has 0 aliphatic heterocycles. The zero-order valence-corrected chi connectivity index (χ0v) is 13.7. The lowest BCUT2D eigenvalue weighted by Gasteiger charge is -2.07. The molecule has 0 aliphatic rings. The molecule has 3 rings (SSSR count). The third kappa shape index (κ3) is 4.30. The molecule has 5 heteroatoms. The highest BCUT2D eigenvalue weighted by Gasteiger charge is 2.29. The van der Waals surface area contributed by atoms with Crippen LogP contribution in [0.2, 0.25) is 0 Å². The summed E-state index contributed by atoms with van der Waals surface area (Å²) < 4.78 is 42.8. The van der Waals surface area contributed by atoms with E-state index in [0.29, 0.717) is 5.56 Å². The second-order valence-electron chi connectivity index (χ2n) is 5.70. The number of rotatable bonds is 4. The molecule has 132 valence electrons. The molecule has 0 spiro atoms. The van der Waals surface area contributed by atoms with Crippen LogP contribution >= 0.6 is 0 Å². The smallest absolute Gasteiger partial charge is 0.416 e. The Balaban J connectivity index is 1.62. The van der Waals surface area contributed by atoms with Gasteiger partial charge in [-0.05, 0) is 40.1 Å². The van der Waals surface area contributed by atoms with E-state index in [9.17, 15) is 18.0 Å². The summed E-state index contributed by atoms with van der Waals surface area (Å²) in [5.41, 5.74) is 0.646. The summed E-state index contributed by atoms with van der Waals surface area (Å²) in [4.78, 5) is 11.9. The summed E-state index contributed by atoms with van der Waals surface area (Å²) >= 11 is 0. The number of carbonyl (C=O) groups excluding carboxylic acids is 1. The van der Waals surface area contributed by atoms with Crippen molar-refractivity contribution in [1.82, 2.24) is 0 Å². The lowest BCUT2D eigenvalue weighted by Crippen LogP contribution is -2.04. The number of halogens is 3. The van der Waals surface area contributed by atoms with Crippen molar-refractivity contribution < 1.29 is 22.7 Å². The molecule has 0 amide bonds. The van der Waals surface area contributed by atoms with Gasteiger partial charge in [-0.15, -0.1) is 0 Å². The van der Waals surface area contributed by atoms with E-state index < -0.39 is 17.7 Å². The van der Waals surface area contributed by atoms with Crippen LogP contribution in [0.25, 0.3) is 16.8 Å². The zero-order valence-electron chi connectivity index (χ0n) is 13.7. The van der Waals surface area contributed by atoms with Crippen molar-refractivity contribution in [3.63, 3.8) is 0 Å². The first-order chi connectivity index (χ1) is 12.4. The summed E-state index contributed by atoms with van der Waals surface area (Å²) in [6, 6.07) is 18.1. The third-order valence-corrected chi connectivity index (χ3v) is 3.90. The van der Waals surface area contributed by atoms with Crippen molar-refractivity contribution in [2.75, 3.05) is 0 Å². The number of hydrogen-bond donors (Lipinski definition) is 0. The van der Waals surface area contributed by atoms with Gasteiger partial charge >= 0.3 is 12.1 Å². The average molecular weight is 356 g/mol. The maximum absolute atomic E-state index is 12.5. The van der Waals surface area contributed by atoms with Gasteiger partial charge in [-0.2, -0.15) is 13.2 Å². The van der Waals surface area contributed by atoms with Crippen molar-refractivity contribution >= 4 is 22.8 Å². The molecule has 0 radical (unpaired) electrons. The molecule has 0 saturated heterocycles. The van der Waals surface area contributed by atoms with Gasteiger partial charge in [-0.3, -0.25) is 0 Å². The normalized spacial score (nSPS) is 11.8. The molecule has 0 N–H and O–H groups in total. The molecule has 3 aromatic carbocycles. The topological polar surface area (TPSA) is 26.3 Å². The monoisotopic (exact) mass is 356 g/mol. The molecule has 0 saturated carbocycles. The number of esters is 1. The van der Waals surface area contributed by atoms with Crippen molar-refractivity contribution in [3.05, 3.63) is 89.5 Å². The fourth-order valence-electron chi connectivity index (χ4n) is 2.56. The largest absolute Gasteiger partial charge is 0.458 e. The number of ether oxygens (including phenoxy) is 1. The van der Waals surface area contributed by atoms with Gasteiger partial charge < -0.3 is 4.74 Å². The van der Waals surface area contributed by atoms with E-state index in [4.69, 9.17) is 4.74 Å². The standard InChI is InChI=1S/C21H15F3O2/c22-21(23,24)18-11-8-15(9-12-18)10-13-20(25)26-14-17-6-3-5-16-4-1-2-7-19(16)17/h1-13H,14H2/b13-10+. The Morgan fingerprint density at radius 3 is 2.35 bits per heavy atom. The van der Waals surface area contributed by atoms with Gasteiger partial charge in [0.05, 0.1) is 5.56 Å². The molecular weight excluding hydrogens is 341 g/mol. The van der Waals surface area contributed by atoms with Crippen LogP contribution in [0, 0.1) is 0 Å². The molecule has 0 atom stereocenters. The van der Waals surface area contributed by atoms with Crippen LogP contribution in [0.1, 0.15) is 16.7 Å². The Morgan fingerprint density at radius 2 is 1.62 bits per heavy atom. The Kier molecular flexibility index (Phi) is 5.07. The Morgan fingerprint density at radius 1 is 0.923 bits per heavy atom. The van der Waals surface area contributed by atoms with E-state index in [1.807, 2.05) is 42.5 Å². The molecule has 0 unspecified atom stereocenters. The van der Waals surface area contributed by atoms with Gasteiger partial charge in [-0.1, -0.05) is 54.6 Å². The number of benzene rings is 3. The molecule has 0 aromatic heterocycles. The van der Waals surface area contributed by atoms with Crippen LogP contribution in [-0.4, -0.2) is 5.97 Å². The second kappa shape index (κ2) is 7.44. The lowest BCUT2D eigenvalue weighted by atomic mass is 10.1. The SMILES string of the molecule is O=C(/C=C/c1ccc(C(F)(F)F)cc1)OCc1cccc2ccccc12.